The van der Waals surface area contributed by atoms with E-state index >= 15 is 0 Å². The van der Waals surface area contributed by atoms with Crippen molar-refractivity contribution in [3.05, 3.63) is 101 Å². The minimum absolute atomic E-state index is 0.115. The molecule has 8 heteroatoms. The second-order valence-corrected chi connectivity index (χ2v) is 10.1. The van der Waals surface area contributed by atoms with Crippen LogP contribution in [0.3, 0.4) is 0 Å². The SMILES string of the molecule is CCC(C)(C)c1ccc(Oc2ccc(NC(=O)COC(=O)c3ccc(OCc4c(C)noc4C)cc3)cc2)cc1. The lowest BCUT2D eigenvalue weighted by atomic mass is 9.82. The molecule has 1 heterocycles. The van der Waals surface area contributed by atoms with E-state index < -0.39 is 18.5 Å². The average molecular weight is 543 g/mol. The van der Waals surface area contributed by atoms with Crippen molar-refractivity contribution in [2.45, 2.75) is 53.1 Å². The fourth-order valence-corrected chi connectivity index (χ4v) is 3.88. The minimum Gasteiger partial charge on any atom is -0.489 e. The molecule has 208 valence electrons. The Morgan fingerprint density at radius 1 is 0.875 bits per heavy atom. The maximum Gasteiger partial charge on any atom is 0.338 e. The summed E-state index contributed by atoms with van der Waals surface area (Å²) in [5, 5.41) is 6.62. The van der Waals surface area contributed by atoms with E-state index in [1.165, 1.54) is 5.56 Å². The summed E-state index contributed by atoms with van der Waals surface area (Å²) < 4.78 is 22.0. The van der Waals surface area contributed by atoms with Crippen LogP contribution in [0.25, 0.3) is 0 Å². The smallest absolute Gasteiger partial charge is 0.338 e. The van der Waals surface area contributed by atoms with Gasteiger partial charge in [0.05, 0.1) is 16.8 Å². The summed E-state index contributed by atoms with van der Waals surface area (Å²) in [6.07, 6.45) is 1.05. The molecule has 1 N–H and O–H groups in total. The molecule has 1 aromatic heterocycles. The summed E-state index contributed by atoms with van der Waals surface area (Å²) in [7, 11) is 0. The van der Waals surface area contributed by atoms with E-state index in [1.807, 2.05) is 26.0 Å². The number of aromatic nitrogens is 1. The molecule has 0 fully saturated rings. The van der Waals surface area contributed by atoms with Gasteiger partial charge < -0.3 is 24.1 Å². The third kappa shape index (κ3) is 7.28. The maximum absolute atomic E-state index is 12.4. The van der Waals surface area contributed by atoms with Gasteiger partial charge in [0.1, 0.15) is 29.6 Å². The van der Waals surface area contributed by atoms with Gasteiger partial charge in [-0.1, -0.05) is 38.1 Å². The van der Waals surface area contributed by atoms with Crippen LogP contribution in [0.4, 0.5) is 5.69 Å². The van der Waals surface area contributed by atoms with Crippen LogP contribution in [0.2, 0.25) is 0 Å². The van der Waals surface area contributed by atoms with Crippen molar-refractivity contribution in [2.75, 3.05) is 11.9 Å². The van der Waals surface area contributed by atoms with Gasteiger partial charge in [0, 0.05) is 5.69 Å². The highest BCUT2D eigenvalue weighted by Gasteiger charge is 2.18. The Morgan fingerprint density at radius 3 is 2.05 bits per heavy atom. The molecule has 0 radical (unpaired) electrons. The largest absolute Gasteiger partial charge is 0.489 e. The molecular weight excluding hydrogens is 508 g/mol. The molecule has 0 bridgehead atoms. The Bertz CT molecular complexity index is 1420. The number of aryl methyl sites for hydroxylation is 2. The average Bonchev–Trinajstić information content (AvgIpc) is 3.28. The van der Waals surface area contributed by atoms with E-state index in [-0.39, 0.29) is 5.41 Å². The summed E-state index contributed by atoms with van der Waals surface area (Å²) >= 11 is 0. The number of hydrogen-bond acceptors (Lipinski definition) is 7. The number of anilines is 1. The van der Waals surface area contributed by atoms with Crippen LogP contribution in [0.5, 0.6) is 17.2 Å². The molecule has 0 saturated carbocycles. The molecule has 0 saturated heterocycles. The highest BCUT2D eigenvalue weighted by atomic mass is 16.5. The molecule has 40 heavy (non-hydrogen) atoms. The first-order valence-electron chi connectivity index (χ1n) is 13.1. The van der Waals surface area contributed by atoms with Gasteiger partial charge in [0.2, 0.25) is 0 Å². The van der Waals surface area contributed by atoms with E-state index in [0.717, 1.165) is 23.4 Å². The van der Waals surface area contributed by atoms with Crippen LogP contribution in [-0.4, -0.2) is 23.6 Å². The van der Waals surface area contributed by atoms with Gasteiger partial charge in [0.25, 0.3) is 5.91 Å². The summed E-state index contributed by atoms with van der Waals surface area (Å²) in [6, 6.07) is 21.6. The van der Waals surface area contributed by atoms with E-state index in [4.69, 9.17) is 18.7 Å². The number of nitrogens with one attached hydrogen (secondary N) is 1. The van der Waals surface area contributed by atoms with Crippen LogP contribution in [0.1, 0.15) is 60.1 Å². The van der Waals surface area contributed by atoms with Gasteiger partial charge in [-0.3, -0.25) is 4.79 Å². The topological polar surface area (TPSA) is 99.9 Å². The monoisotopic (exact) mass is 542 g/mol. The van der Waals surface area contributed by atoms with E-state index in [0.29, 0.717) is 35.1 Å². The lowest BCUT2D eigenvalue weighted by molar-refractivity contribution is -0.119. The molecule has 0 atom stereocenters. The molecule has 0 aliphatic carbocycles. The second-order valence-electron chi connectivity index (χ2n) is 10.1. The highest BCUT2D eigenvalue weighted by molar-refractivity contribution is 5.95. The first kappa shape index (κ1) is 28.4. The summed E-state index contributed by atoms with van der Waals surface area (Å²) in [5.74, 6) is 1.61. The molecule has 4 rings (SSSR count). The van der Waals surface area contributed by atoms with Crippen molar-refractivity contribution in [3.63, 3.8) is 0 Å². The highest BCUT2D eigenvalue weighted by Crippen LogP contribution is 2.30. The molecular formula is C32H34N2O6. The van der Waals surface area contributed by atoms with Gasteiger partial charge in [-0.15, -0.1) is 0 Å². The summed E-state index contributed by atoms with van der Waals surface area (Å²) in [4.78, 5) is 24.7. The number of benzene rings is 3. The fraction of sp³-hybridized carbons (Fsp3) is 0.281. The Morgan fingerprint density at radius 2 is 1.48 bits per heavy atom. The number of rotatable bonds is 11. The third-order valence-electron chi connectivity index (χ3n) is 6.88. The normalized spacial score (nSPS) is 11.1. The molecule has 0 unspecified atom stereocenters. The Kier molecular flexibility index (Phi) is 8.89. The zero-order valence-corrected chi connectivity index (χ0v) is 23.4. The van der Waals surface area contributed by atoms with Crippen molar-refractivity contribution >= 4 is 17.6 Å². The van der Waals surface area contributed by atoms with Crippen LogP contribution in [0.15, 0.2) is 77.3 Å². The molecule has 1 amide bonds. The molecule has 4 aromatic rings. The van der Waals surface area contributed by atoms with E-state index in [9.17, 15) is 9.59 Å². The minimum atomic E-state index is -0.607. The first-order valence-corrected chi connectivity index (χ1v) is 13.1. The zero-order valence-electron chi connectivity index (χ0n) is 23.4. The molecule has 0 aliphatic rings. The van der Waals surface area contributed by atoms with Crippen molar-refractivity contribution in [2.24, 2.45) is 0 Å². The predicted octanol–water partition coefficient (Wildman–Crippen LogP) is 7.15. The summed E-state index contributed by atoms with van der Waals surface area (Å²) in [5.41, 5.74) is 3.91. The van der Waals surface area contributed by atoms with Crippen LogP contribution >= 0.6 is 0 Å². The standard InChI is InChI=1S/C32H34N2O6/c1-6-32(4,5)24-9-15-27(16-10-24)39-28-17-11-25(12-18-28)33-30(35)20-38-31(36)23-7-13-26(14-8-23)37-19-29-21(2)34-40-22(29)3/h7-18H,6,19-20H2,1-5H3,(H,33,35). The predicted molar refractivity (Wildman–Crippen MR) is 152 cm³/mol. The number of carbonyl (C=O) groups excluding carboxylic acids is 2. The number of amides is 1. The Labute approximate surface area is 234 Å². The van der Waals surface area contributed by atoms with Crippen LogP contribution < -0.4 is 14.8 Å². The third-order valence-corrected chi connectivity index (χ3v) is 6.88. The summed E-state index contributed by atoms with van der Waals surface area (Å²) in [6.45, 7) is 10.2. The number of hydrogen-bond donors (Lipinski definition) is 1. The Hall–Kier alpha value is -4.59. The fourth-order valence-electron chi connectivity index (χ4n) is 3.88. The van der Waals surface area contributed by atoms with E-state index in [2.05, 4.69) is 43.4 Å². The molecule has 3 aromatic carbocycles. The molecule has 0 spiro atoms. The van der Waals surface area contributed by atoms with Crippen molar-refractivity contribution < 1.29 is 28.3 Å². The van der Waals surface area contributed by atoms with Crippen molar-refractivity contribution in [1.29, 1.82) is 0 Å². The van der Waals surface area contributed by atoms with Crippen LogP contribution in [-0.2, 0) is 21.6 Å². The number of esters is 1. The molecule has 0 aliphatic heterocycles. The van der Waals surface area contributed by atoms with Gasteiger partial charge in [-0.2, -0.15) is 0 Å². The van der Waals surface area contributed by atoms with Crippen LogP contribution in [0, 0.1) is 13.8 Å². The van der Waals surface area contributed by atoms with Crippen molar-refractivity contribution in [3.8, 4) is 17.2 Å². The zero-order chi connectivity index (χ0) is 28.7. The number of ether oxygens (including phenoxy) is 3. The molecule has 8 nitrogen and oxygen atoms in total. The second kappa shape index (κ2) is 12.5. The maximum atomic E-state index is 12.4. The van der Waals surface area contributed by atoms with Crippen molar-refractivity contribution in [1.82, 2.24) is 5.16 Å². The van der Waals surface area contributed by atoms with Gasteiger partial charge in [0.15, 0.2) is 6.61 Å². The van der Waals surface area contributed by atoms with Gasteiger partial charge in [-0.25, -0.2) is 4.79 Å². The number of nitrogens with zero attached hydrogens (tertiary/aromatic N) is 1. The van der Waals surface area contributed by atoms with Gasteiger partial charge >= 0.3 is 5.97 Å². The quantitative estimate of drug-likeness (QED) is 0.201. The lowest BCUT2D eigenvalue weighted by Crippen LogP contribution is -2.20. The lowest BCUT2D eigenvalue weighted by Gasteiger charge is -2.23. The number of carbonyl (C=O) groups is 2. The van der Waals surface area contributed by atoms with E-state index in [1.54, 1.807) is 48.5 Å². The Balaban J connectivity index is 1.22. The van der Waals surface area contributed by atoms with Gasteiger partial charge in [-0.05, 0) is 91.9 Å². The first-order chi connectivity index (χ1) is 19.1.